The zero-order valence-electron chi connectivity index (χ0n) is 34.7. The van der Waals surface area contributed by atoms with Gasteiger partial charge in [0.1, 0.15) is 0 Å². The SMILES string of the molecule is Cc1cccc(-c2ccc3c(c2)c2ccccc2n3-c2cccc(-c3cc(-c4ccccc4)nc(-c4ccccc4)n3)c2-c2ccccc2-n2c3ccccc3c3ccccc32)c1. The van der Waals surface area contributed by atoms with Crippen molar-refractivity contribution in [1.29, 1.82) is 0 Å². The van der Waals surface area contributed by atoms with Gasteiger partial charge in [-0.3, -0.25) is 0 Å². The van der Waals surface area contributed by atoms with E-state index in [-0.39, 0.29) is 0 Å². The third-order valence-electron chi connectivity index (χ3n) is 12.4. The number of aryl methyl sites for hydroxylation is 1. The Balaban J connectivity index is 1.20. The lowest BCUT2D eigenvalue weighted by Gasteiger charge is -2.22. The molecule has 0 N–H and O–H groups in total. The lowest BCUT2D eigenvalue weighted by Crippen LogP contribution is -2.04. The van der Waals surface area contributed by atoms with E-state index in [1.54, 1.807) is 0 Å². The van der Waals surface area contributed by atoms with E-state index < -0.39 is 0 Å². The average Bonchev–Trinajstić information content (AvgIpc) is 3.87. The minimum atomic E-state index is 0.680. The molecule has 0 saturated heterocycles. The van der Waals surface area contributed by atoms with Crippen molar-refractivity contribution >= 4 is 43.6 Å². The molecule has 9 aromatic carbocycles. The van der Waals surface area contributed by atoms with E-state index in [2.05, 4.69) is 216 Å². The van der Waals surface area contributed by atoms with Crippen LogP contribution >= 0.6 is 0 Å². The van der Waals surface area contributed by atoms with Gasteiger partial charge in [-0.05, 0) is 66.6 Å². The molecule has 0 fully saturated rings. The molecule has 12 aromatic rings. The monoisotopic (exact) mass is 804 g/mol. The summed E-state index contributed by atoms with van der Waals surface area (Å²) >= 11 is 0. The van der Waals surface area contributed by atoms with Gasteiger partial charge in [0.2, 0.25) is 0 Å². The second kappa shape index (κ2) is 15.0. The first kappa shape index (κ1) is 36.5. The Morgan fingerprint density at radius 2 is 0.810 bits per heavy atom. The Hall–Kier alpha value is -8.34. The molecule has 0 radical (unpaired) electrons. The molecule has 4 heteroatoms. The van der Waals surface area contributed by atoms with E-state index in [0.29, 0.717) is 5.82 Å². The van der Waals surface area contributed by atoms with E-state index >= 15 is 0 Å². The van der Waals surface area contributed by atoms with Gasteiger partial charge in [-0.15, -0.1) is 0 Å². The number of hydrogen-bond acceptors (Lipinski definition) is 2. The summed E-state index contributed by atoms with van der Waals surface area (Å²) in [5.74, 6) is 0.680. The van der Waals surface area contributed by atoms with Gasteiger partial charge in [-0.2, -0.15) is 0 Å². The molecular formula is C59H40N4. The highest BCUT2D eigenvalue weighted by molar-refractivity contribution is 6.13. The average molecular weight is 805 g/mol. The van der Waals surface area contributed by atoms with Crippen LogP contribution in [-0.2, 0) is 0 Å². The van der Waals surface area contributed by atoms with Crippen molar-refractivity contribution in [2.45, 2.75) is 6.92 Å². The van der Waals surface area contributed by atoms with Gasteiger partial charge in [0.25, 0.3) is 0 Å². The number of rotatable bonds is 7. The van der Waals surface area contributed by atoms with Crippen LogP contribution in [0.15, 0.2) is 224 Å². The molecule has 0 atom stereocenters. The number of para-hydroxylation sites is 4. The predicted octanol–water partition coefficient (Wildman–Crippen LogP) is 15.3. The Bertz CT molecular complexity index is 3580. The first-order valence-electron chi connectivity index (χ1n) is 21.5. The number of fused-ring (bicyclic) bond motifs is 6. The summed E-state index contributed by atoms with van der Waals surface area (Å²) < 4.78 is 4.90. The van der Waals surface area contributed by atoms with Crippen LogP contribution in [0.4, 0.5) is 0 Å². The Morgan fingerprint density at radius 3 is 1.51 bits per heavy atom. The van der Waals surface area contributed by atoms with Crippen molar-refractivity contribution in [3.05, 3.63) is 230 Å². The third-order valence-corrected chi connectivity index (χ3v) is 12.4. The van der Waals surface area contributed by atoms with Crippen LogP contribution in [0.3, 0.4) is 0 Å². The Kier molecular flexibility index (Phi) is 8.68. The normalized spacial score (nSPS) is 11.6. The van der Waals surface area contributed by atoms with Gasteiger partial charge in [-0.25, -0.2) is 9.97 Å². The maximum atomic E-state index is 5.45. The highest BCUT2D eigenvalue weighted by Crippen LogP contribution is 2.45. The summed E-state index contributed by atoms with van der Waals surface area (Å²) in [6.45, 7) is 2.16. The maximum Gasteiger partial charge on any atom is 0.160 e. The third kappa shape index (κ3) is 6.14. The Labute approximate surface area is 365 Å². The second-order valence-corrected chi connectivity index (χ2v) is 16.2. The highest BCUT2D eigenvalue weighted by atomic mass is 15.0. The summed E-state index contributed by atoms with van der Waals surface area (Å²) in [6.07, 6.45) is 0. The molecule has 0 unspecified atom stereocenters. The fraction of sp³-hybridized carbons (Fsp3) is 0.0169. The maximum absolute atomic E-state index is 5.45. The van der Waals surface area contributed by atoms with Crippen molar-refractivity contribution in [2.75, 3.05) is 0 Å². The summed E-state index contributed by atoms with van der Waals surface area (Å²) in [5, 5.41) is 4.85. The second-order valence-electron chi connectivity index (χ2n) is 16.2. The smallest absolute Gasteiger partial charge is 0.160 e. The quantitative estimate of drug-likeness (QED) is 0.161. The van der Waals surface area contributed by atoms with E-state index in [1.807, 2.05) is 24.3 Å². The van der Waals surface area contributed by atoms with Crippen LogP contribution in [0.1, 0.15) is 5.56 Å². The largest absolute Gasteiger partial charge is 0.309 e. The summed E-state index contributed by atoms with van der Waals surface area (Å²) in [7, 11) is 0. The zero-order valence-corrected chi connectivity index (χ0v) is 34.7. The Morgan fingerprint density at radius 1 is 0.317 bits per heavy atom. The van der Waals surface area contributed by atoms with Crippen LogP contribution in [0, 0.1) is 6.92 Å². The molecule has 0 spiro atoms. The molecule has 296 valence electrons. The molecule has 0 bridgehead atoms. The predicted molar refractivity (Wildman–Crippen MR) is 263 cm³/mol. The molecule has 0 aliphatic heterocycles. The van der Waals surface area contributed by atoms with Crippen molar-refractivity contribution in [1.82, 2.24) is 19.1 Å². The van der Waals surface area contributed by atoms with Crippen molar-refractivity contribution in [2.24, 2.45) is 0 Å². The lowest BCUT2D eigenvalue weighted by atomic mass is 9.93. The summed E-state index contributed by atoms with van der Waals surface area (Å²) in [5.41, 5.74) is 17.3. The minimum Gasteiger partial charge on any atom is -0.309 e. The van der Waals surface area contributed by atoms with E-state index in [1.165, 1.54) is 38.2 Å². The van der Waals surface area contributed by atoms with Crippen molar-refractivity contribution in [3.8, 4) is 67.5 Å². The first-order chi connectivity index (χ1) is 31.2. The molecule has 63 heavy (non-hydrogen) atoms. The number of benzene rings is 9. The van der Waals surface area contributed by atoms with Crippen LogP contribution in [0.25, 0.3) is 111 Å². The molecular weight excluding hydrogens is 765 g/mol. The van der Waals surface area contributed by atoms with Gasteiger partial charge in [-0.1, -0.05) is 181 Å². The molecule has 0 aliphatic carbocycles. The van der Waals surface area contributed by atoms with Gasteiger partial charge >= 0.3 is 0 Å². The van der Waals surface area contributed by atoms with Gasteiger partial charge < -0.3 is 9.13 Å². The molecule has 0 amide bonds. The van der Waals surface area contributed by atoms with Crippen LogP contribution < -0.4 is 0 Å². The standard InChI is InChI=1S/C59H40N4/c1-39-18-16-23-42(36-39)43-34-35-56-49(37-43)46-26-10-14-31-54(46)63(56)57-33-17-28-47(51-38-50(40-19-4-2-5-20-40)60-59(61-51)41-21-6-3-7-22-41)58(57)48-27-11-15-32-55(48)62-52-29-12-8-24-44(52)45-25-9-13-30-53(45)62/h2-38H,1H3. The van der Waals surface area contributed by atoms with Crippen LogP contribution in [0.5, 0.6) is 0 Å². The zero-order chi connectivity index (χ0) is 41.9. The van der Waals surface area contributed by atoms with E-state index in [4.69, 9.17) is 9.97 Å². The minimum absolute atomic E-state index is 0.680. The fourth-order valence-corrected chi connectivity index (χ4v) is 9.58. The number of hydrogen-bond donors (Lipinski definition) is 0. The first-order valence-corrected chi connectivity index (χ1v) is 21.5. The summed E-state index contributed by atoms with van der Waals surface area (Å²) in [4.78, 5) is 10.7. The lowest BCUT2D eigenvalue weighted by molar-refractivity contribution is 1.15. The van der Waals surface area contributed by atoms with Crippen LogP contribution in [0.2, 0.25) is 0 Å². The van der Waals surface area contributed by atoms with Gasteiger partial charge in [0.15, 0.2) is 5.82 Å². The van der Waals surface area contributed by atoms with Crippen LogP contribution in [-0.4, -0.2) is 19.1 Å². The van der Waals surface area contributed by atoms with Gasteiger partial charge in [0, 0.05) is 49.4 Å². The number of nitrogens with zero attached hydrogens (tertiary/aromatic N) is 4. The van der Waals surface area contributed by atoms with Crippen molar-refractivity contribution < 1.29 is 0 Å². The molecule has 12 rings (SSSR count). The van der Waals surface area contributed by atoms with Gasteiger partial charge in [0.05, 0.1) is 44.8 Å². The molecule has 3 heterocycles. The highest BCUT2D eigenvalue weighted by Gasteiger charge is 2.24. The van der Waals surface area contributed by atoms with E-state index in [0.717, 1.165) is 72.6 Å². The summed E-state index contributed by atoms with van der Waals surface area (Å²) in [6, 6.07) is 80.5. The fourth-order valence-electron chi connectivity index (χ4n) is 9.58. The van der Waals surface area contributed by atoms with Crippen molar-refractivity contribution in [3.63, 3.8) is 0 Å². The topological polar surface area (TPSA) is 35.6 Å². The molecule has 4 nitrogen and oxygen atoms in total. The molecule has 3 aromatic heterocycles. The molecule has 0 saturated carbocycles. The molecule has 0 aliphatic rings. The number of aromatic nitrogens is 4. The van der Waals surface area contributed by atoms with E-state index in [9.17, 15) is 0 Å².